The van der Waals surface area contributed by atoms with Crippen molar-refractivity contribution in [2.45, 2.75) is 13.0 Å². The van der Waals surface area contributed by atoms with Gasteiger partial charge in [-0.05, 0) is 19.1 Å². The zero-order chi connectivity index (χ0) is 16.8. The lowest BCUT2D eigenvalue weighted by atomic mass is 10.2. The molecule has 1 aromatic rings. The van der Waals surface area contributed by atoms with Crippen molar-refractivity contribution in [2.75, 3.05) is 38.1 Å². The van der Waals surface area contributed by atoms with Crippen LogP contribution in [-0.4, -0.2) is 55.6 Å². The monoisotopic (exact) mass is 359 g/mol. The van der Waals surface area contributed by atoms with Gasteiger partial charge in [0.1, 0.15) is 6.10 Å². The molecule has 0 aromatic heterocycles. The number of amides is 2. The van der Waals surface area contributed by atoms with Gasteiger partial charge in [0, 0.05) is 19.6 Å². The van der Waals surface area contributed by atoms with Crippen LogP contribution in [0, 0.1) is 0 Å². The third-order valence-electron chi connectivity index (χ3n) is 3.46. The smallest absolute Gasteiger partial charge is 0.253 e. The average molecular weight is 360 g/mol. The maximum atomic E-state index is 12.4. The van der Waals surface area contributed by atoms with Crippen molar-refractivity contribution in [1.82, 2.24) is 10.2 Å². The predicted molar refractivity (Wildman–Crippen MR) is 90.0 cm³/mol. The number of ether oxygens (including phenoxy) is 1. The van der Waals surface area contributed by atoms with Gasteiger partial charge in [0.25, 0.3) is 5.91 Å². The van der Waals surface area contributed by atoms with Gasteiger partial charge in [-0.1, -0.05) is 29.3 Å². The van der Waals surface area contributed by atoms with Crippen molar-refractivity contribution < 1.29 is 14.3 Å². The predicted octanol–water partition coefficient (Wildman–Crippen LogP) is 1.77. The lowest BCUT2D eigenvalue weighted by Crippen LogP contribution is -2.51. The fourth-order valence-electron chi connectivity index (χ4n) is 2.24. The first-order chi connectivity index (χ1) is 11.0. The van der Waals surface area contributed by atoms with Gasteiger partial charge in [-0.25, -0.2) is 0 Å². The molecule has 0 radical (unpaired) electrons. The molecule has 1 fully saturated rings. The summed E-state index contributed by atoms with van der Waals surface area (Å²) in [7, 11) is 0. The normalized spacial score (nSPS) is 17.6. The summed E-state index contributed by atoms with van der Waals surface area (Å²) in [4.78, 5) is 26.0. The van der Waals surface area contributed by atoms with Crippen LogP contribution in [0.4, 0.5) is 5.69 Å². The lowest BCUT2D eigenvalue weighted by molar-refractivity contribution is -0.146. The van der Waals surface area contributed by atoms with Crippen LogP contribution < -0.4 is 10.6 Å². The van der Waals surface area contributed by atoms with Crippen LogP contribution in [0.25, 0.3) is 0 Å². The summed E-state index contributed by atoms with van der Waals surface area (Å²) in [6.07, 6.45) is -0.555. The van der Waals surface area contributed by atoms with E-state index in [2.05, 4.69) is 10.6 Å². The molecule has 2 amide bonds. The SMILES string of the molecule is CCN(CC(=O)Nc1c(Cl)cccc1Cl)C(=O)C1CNCCO1. The van der Waals surface area contributed by atoms with E-state index in [0.29, 0.717) is 35.4 Å². The second-order valence-electron chi connectivity index (χ2n) is 5.06. The Hall–Kier alpha value is -1.34. The molecular weight excluding hydrogens is 341 g/mol. The molecular formula is C15H19Cl2N3O3. The van der Waals surface area contributed by atoms with Gasteiger partial charge in [-0.3, -0.25) is 9.59 Å². The molecule has 1 saturated heterocycles. The fraction of sp³-hybridized carbons (Fsp3) is 0.467. The molecule has 1 aliphatic rings. The number of benzene rings is 1. The molecule has 0 spiro atoms. The molecule has 1 aromatic carbocycles. The molecule has 1 aliphatic heterocycles. The Morgan fingerprint density at radius 1 is 1.39 bits per heavy atom. The zero-order valence-corrected chi connectivity index (χ0v) is 14.3. The molecule has 1 heterocycles. The number of nitrogens with one attached hydrogen (secondary N) is 2. The number of morpholine rings is 1. The van der Waals surface area contributed by atoms with Gasteiger partial charge >= 0.3 is 0 Å². The van der Waals surface area contributed by atoms with Gasteiger partial charge < -0.3 is 20.3 Å². The summed E-state index contributed by atoms with van der Waals surface area (Å²) >= 11 is 12.0. The highest BCUT2D eigenvalue weighted by molar-refractivity contribution is 6.39. The van der Waals surface area contributed by atoms with Crippen molar-refractivity contribution in [1.29, 1.82) is 0 Å². The van der Waals surface area contributed by atoms with Crippen LogP contribution in [0.5, 0.6) is 0 Å². The van der Waals surface area contributed by atoms with Crippen molar-refractivity contribution in [2.24, 2.45) is 0 Å². The second-order valence-corrected chi connectivity index (χ2v) is 5.88. The molecule has 2 rings (SSSR count). The summed E-state index contributed by atoms with van der Waals surface area (Å²) in [6, 6.07) is 4.95. The first-order valence-electron chi connectivity index (χ1n) is 7.38. The molecule has 8 heteroatoms. The molecule has 1 atom stereocenters. The number of hydrogen-bond donors (Lipinski definition) is 2. The van der Waals surface area contributed by atoms with Gasteiger partial charge in [0.15, 0.2) is 0 Å². The quantitative estimate of drug-likeness (QED) is 0.840. The summed E-state index contributed by atoms with van der Waals surface area (Å²) in [5.74, 6) is -0.570. The Morgan fingerprint density at radius 3 is 2.65 bits per heavy atom. The van der Waals surface area contributed by atoms with Crippen molar-refractivity contribution >= 4 is 40.7 Å². The van der Waals surface area contributed by atoms with E-state index in [0.717, 1.165) is 6.54 Å². The van der Waals surface area contributed by atoms with E-state index in [9.17, 15) is 9.59 Å². The van der Waals surface area contributed by atoms with Gasteiger partial charge in [-0.2, -0.15) is 0 Å². The Labute approximate surface area is 145 Å². The van der Waals surface area contributed by atoms with E-state index in [4.69, 9.17) is 27.9 Å². The number of para-hydroxylation sites is 1. The van der Waals surface area contributed by atoms with Crippen LogP contribution in [0.3, 0.4) is 0 Å². The summed E-state index contributed by atoms with van der Waals surface area (Å²) in [5, 5.41) is 6.44. The largest absolute Gasteiger partial charge is 0.366 e. The Balaban J connectivity index is 1.98. The van der Waals surface area contributed by atoms with Gasteiger partial charge in [0.05, 0.1) is 28.9 Å². The minimum Gasteiger partial charge on any atom is -0.366 e. The second kappa shape index (κ2) is 8.49. The molecule has 0 saturated carbocycles. The van der Waals surface area contributed by atoms with Gasteiger partial charge in [-0.15, -0.1) is 0 Å². The van der Waals surface area contributed by atoms with E-state index in [-0.39, 0.29) is 18.4 Å². The number of hydrogen-bond acceptors (Lipinski definition) is 4. The van der Waals surface area contributed by atoms with Crippen molar-refractivity contribution in [3.05, 3.63) is 28.2 Å². The number of likely N-dealkylation sites (N-methyl/N-ethyl adjacent to an activating group) is 1. The molecule has 0 aliphatic carbocycles. The molecule has 0 bridgehead atoms. The summed E-state index contributed by atoms with van der Waals surface area (Å²) in [5.41, 5.74) is 0.347. The number of rotatable bonds is 5. The minimum absolute atomic E-state index is 0.0866. The summed E-state index contributed by atoms with van der Waals surface area (Å²) < 4.78 is 5.43. The maximum Gasteiger partial charge on any atom is 0.253 e. The van der Waals surface area contributed by atoms with E-state index < -0.39 is 6.10 Å². The van der Waals surface area contributed by atoms with Crippen LogP contribution in [-0.2, 0) is 14.3 Å². The third kappa shape index (κ3) is 4.81. The third-order valence-corrected chi connectivity index (χ3v) is 4.09. The minimum atomic E-state index is -0.555. The summed E-state index contributed by atoms with van der Waals surface area (Å²) in [6.45, 7) is 3.78. The lowest BCUT2D eigenvalue weighted by Gasteiger charge is -2.28. The Morgan fingerprint density at radius 2 is 2.09 bits per heavy atom. The van der Waals surface area contributed by atoms with Crippen molar-refractivity contribution in [3.8, 4) is 0 Å². The average Bonchev–Trinajstić information content (AvgIpc) is 2.56. The first kappa shape index (κ1) is 18.0. The number of anilines is 1. The van der Waals surface area contributed by atoms with Crippen molar-refractivity contribution in [3.63, 3.8) is 0 Å². The standard InChI is InChI=1S/C15H19Cl2N3O3/c1-2-20(15(22)12-8-18-6-7-23-12)9-13(21)19-14-10(16)4-3-5-11(14)17/h3-5,12,18H,2,6-9H2,1H3,(H,19,21). The van der Waals surface area contributed by atoms with Crippen LogP contribution >= 0.6 is 23.2 Å². The highest BCUT2D eigenvalue weighted by Gasteiger charge is 2.27. The Kier molecular flexibility index (Phi) is 6.65. The number of carbonyl (C=O) groups is 2. The Bertz CT molecular complexity index is 557. The van der Waals surface area contributed by atoms with Crippen LogP contribution in [0.15, 0.2) is 18.2 Å². The van der Waals surface area contributed by atoms with Crippen LogP contribution in [0.1, 0.15) is 6.92 Å². The number of halogens is 2. The van der Waals surface area contributed by atoms with Crippen LogP contribution in [0.2, 0.25) is 10.0 Å². The molecule has 23 heavy (non-hydrogen) atoms. The zero-order valence-electron chi connectivity index (χ0n) is 12.8. The number of carbonyl (C=O) groups excluding carboxylic acids is 2. The number of nitrogens with zero attached hydrogens (tertiary/aromatic N) is 1. The van der Waals surface area contributed by atoms with E-state index in [1.54, 1.807) is 18.2 Å². The van der Waals surface area contributed by atoms with E-state index in [1.807, 2.05) is 6.92 Å². The maximum absolute atomic E-state index is 12.4. The molecule has 6 nitrogen and oxygen atoms in total. The fourth-order valence-corrected chi connectivity index (χ4v) is 2.73. The van der Waals surface area contributed by atoms with E-state index >= 15 is 0 Å². The first-order valence-corrected chi connectivity index (χ1v) is 8.13. The van der Waals surface area contributed by atoms with E-state index in [1.165, 1.54) is 4.90 Å². The molecule has 1 unspecified atom stereocenters. The topological polar surface area (TPSA) is 70.7 Å². The molecule has 126 valence electrons. The van der Waals surface area contributed by atoms with Gasteiger partial charge in [0.2, 0.25) is 5.91 Å². The highest BCUT2D eigenvalue weighted by Crippen LogP contribution is 2.29. The highest BCUT2D eigenvalue weighted by atomic mass is 35.5. The molecule has 2 N–H and O–H groups in total.